The van der Waals surface area contributed by atoms with Crippen LogP contribution < -0.4 is 10.1 Å². The van der Waals surface area contributed by atoms with Crippen molar-refractivity contribution in [2.75, 3.05) is 14.2 Å². The van der Waals surface area contributed by atoms with Crippen LogP contribution in [0.15, 0.2) is 34.7 Å². The Hall–Kier alpha value is -3.29. The molecule has 1 saturated heterocycles. The van der Waals surface area contributed by atoms with Crippen LogP contribution in [-0.2, 0) is 21.6 Å². The van der Waals surface area contributed by atoms with E-state index in [-0.39, 0.29) is 18.0 Å². The second kappa shape index (κ2) is 7.38. The molecule has 1 N–H and O–H groups in total. The van der Waals surface area contributed by atoms with Gasteiger partial charge in [0.05, 0.1) is 20.8 Å². The van der Waals surface area contributed by atoms with E-state index in [1.54, 1.807) is 38.3 Å². The summed E-state index contributed by atoms with van der Waals surface area (Å²) < 4.78 is 15.4. The number of methoxy groups -OCH3 is 2. The first-order chi connectivity index (χ1) is 13.4. The Kier molecular flexibility index (Phi) is 5.13. The molecule has 1 aliphatic heterocycles. The van der Waals surface area contributed by atoms with Gasteiger partial charge in [-0.1, -0.05) is 19.1 Å². The minimum absolute atomic E-state index is 0.0829. The summed E-state index contributed by atoms with van der Waals surface area (Å²) in [5.41, 5.74) is -0.222. The minimum Gasteiger partial charge on any atom is -0.497 e. The van der Waals surface area contributed by atoms with Crippen LogP contribution in [0.4, 0.5) is 4.79 Å². The average Bonchev–Trinajstić information content (AvgIpc) is 3.20. The fourth-order valence-corrected chi connectivity index (χ4v) is 3.37. The molecule has 2 aromatic rings. The Labute approximate surface area is 162 Å². The molecule has 0 bridgehead atoms. The normalized spacial score (nSPS) is 18.9. The number of nitrogens with one attached hydrogen (secondary N) is 1. The Morgan fingerprint density at radius 3 is 2.46 bits per heavy atom. The highest BCUT2D eigenvalue weighted by atomic mass is 16.5. The van der Waals surface area contributed by atoms with Gasteiger partial charge in [0.2, 0.25) is 0 Å². The zero-order chi connectivity index (χ0) is 20.5. The summed E-state index contributed by atoms with van der Waals surface area (Å²) in [5.74, 6) is 0.434. The predicted molar refractivity (Wildman–Crippen MR) is 98.8 cm³/mol. The fourth-order valence-electron chi connectivity index (χ4n) is 3.37. The van der Waals surface area contributed by atoms with Crippen LogP contribution in [0.25, 0.3) is 0 Å². The molecule has 3 amide bonds. The Morgan fingerprint density at radius 1 is 1.21 bits per heavy atom. The number of ether oxygens (including phenoxy) is 2. The monoisotopic (exact) mass is 386 g/mol. The number of aryl methyl sites for hydroxylation is 1. The molecule has 3 rings (SSSR count). The third-order valence-electron chi connectivity index (χ3n) is 4.98. The molecule has 8 nitrogen and oxygen atoms in total. The lowest BCUT2D eigenvalue weighted by Gasteiger charge is -2.25. The molecular weight excluding hydrogens is 364 g/mol. The molecule has 8 heteroatoms. The second-order valence-corrected chi connectivity index (χ2v) is 6.48. The summed E-state index contributed by atoms with van der Waals surface area (Å²) in [6, 6.07) is 7.98. The third kappa shape index (κ3) is 3.11. The summed E-state index contributed by atoms with van der Waals surface area (Å²) in [5, 5.41) is 2.81. The zero-order valence-electron chi connectivity index (χ0n) is 16.2. The largest absolute Gasteiger partial charge is 0.497 e. The molecule has 1 fully saturated rings. The number of benzene rings is 1. The van der Waals surface area contributed by atoms with Crippen LogP contribution in [0, 0.1) is 6.92 Å². The number of nitrogens with zero attached hydrogens (tertiary/aromatic N) is 1. The van der Waals surface area contributed by atoms with Crippen molar-refractivity contribution in [3.63, 3.8) is 0 Å². The van der Waals surface area contributed by atoms with E-state index in [1.165, 1.54) is 13.2 Å². The van der Waals surface area contributed by atoms with E-state index in [2.05, 4.69) is 5.32 Å². The summed E-state index contributed by atoms with van der Waals surface area (Å²) in [7, 11) is 2.83. The number of rotatable bonds is 6. The number of imide groups is 1. The van der Waals surface area contributed by atoms with E-state index < -0.39 is 17.5 Å². The van der Waals surface area contributed by atoms with E-state index in [0.29, 0.717) is 29.3 Å². The van der Waals surface area contributed by atoms with Crippen molar-refractivity contribution in [3.05, 3.63) is 53.0 Å². The van der Waals surface area contributed by atoms with Crippen molar-refractivity contribution in [2.45, 2.75) is 32.4 Å². The fraction of sp³-hybridized carbons (Fsp3) is 0.350. The maximum absolute atomic E-state index is 13.2. The molecular formula is C20H22N2O6. The highest BCUT2D eigenvalue weighted by Gasteiger charge is 2.51. The minimum atomic E-state index is -1.16. The van der Waals surface area contributed by atoms with E-state index in [9.17, 15) is 14.4 Å². The van der Waals surface area contributed by atoms with E-state index in [4.69, 9.17) is 13.9 Å². The van der Waals surface area contributed by atoms with Gasteiger partial charge in [0.1, 0.15) is 28.4 Å². The summed E-state index contributed by atoms with van der Waals surface area (Å²) >= 11 is 0. The zero-order valence-corrected chi connectivity index (χ0v) is 16.2. The summed E-state index contributed by atoms with van der Waals surface area (Å²) in [6.07, 6.45) is 0.380. The van der Waals surface area contributed by atoms with Crippen LogP contribution >= 0.6 is 0 Å². The second-order valence-electron chi connectivity index (χ2n) is 6.48. The van der Waals surface area contributed by atoms with Crippen LogP contribution in [0.5, 0.6) is 5.75 Å². The molecule has 148 valence electrons. The van der Waals surface area contributed by atoms with Crippen LogP contribution in [0.1, 0.15) is 40.8 Å². The van der Waals surface area contributed by atoms with Gasteiger partial charge in [-0.2, -0.15) is 0 Å². The van der Waals surface area contributed by atoms with E-state index in [1.807, 2.05) is 6.92 Å². The van der Waals surface area contributed by atoms with Gasteiger partial charge in [-0.3, -0.25) is 9.69 Å². The number of esters is 1. The molecule has 0 saturated carbocycles. The van der Waals surface area contributed by atoms with Gasteiger partial charge in [-0.25, -0.2) is 9.59 Å². The van der Waals surface area contributed by atoms with Gasteiger partial charge in [0.25, 0.3) is 5.91 Å². The Balaban J connectivity index is 1.89. The van der Waals surface area contributed by atoms with Crippen LogP contribution in [-0.4, -0.2) is 37.0 Å². The standard InChI is InChI=1S/C20H22N2O6/c1-5-20(13-6-8-14(26-3)9-7-13)18(24)22(19(25)21-20)11-15-10-16(12(2)28-15)17(23)27-4/h6-10H,5,11H2,1-4H3,(H,21,25)/t20-/m1/s1. The number of hydrogen-bond donors (Lipinski definition) is 1. The predicted octanol–water partition coefficient (Wildman–Crippen LogP) is 2.74. The van der Waals surface area contributed by atoms with Gasteiger partial charge in [0, 0.05) is 0 Å². The molecule has 0 radical (unpaired) electrons. The Bertz CT molecular complexity index is 917. The molecule has 2 heterocycles. The maximum Gasteiger partial charge on any atom is 0.341 e. The van der Waals surface area contributed by atoms with Crippen molar-refractivity contribution < 1.29 is 28.3 Å². The number of carbonyl (C=O) groups excluding carboxylic acids is 3. The molecule has 1 aromatic carbocycles. The summed E-state index contributed by atoms with van der Waals surface area (Å²) in [6.45, 7) is 3.37. The maximum atomic E-state index is 13.2. The summed E-state index contributed by atoms with van der Waals surface area (Å²) in [4.78, 5) is 38.6. The molecule has 1 atom stereocenters. The molecule has 1 aromatic heterocycles. The van der Waals surface area contributed by atoms with Crippen molar-refractivity contribution in [3.8, 4) is 5.75 Å². The number of urea groups is 1. The molecule has 0 aliphatic carbocycles. The SMILES string of the molecule is CC[C@]1(c2ccc(OC)cc2)NC(=O)N(Cc2cc(C(=O)OC)c(C)o2)C1=O. The lowest BCUT2D eigenvalue weighted by molar-refractivity contribution is -0.132. The molecule has 28 heavy (non-hydrogen) atoms. The highest BCUT2D eigenvalue weighted by molar-refractivity contribution is 6.07. The van der Waals surface area contributed by atoms with Crippen molar-refractivity contribution in [1.82, 2.24) is 10.2 Å². The van der Waals surface area contributed by atoms with E-state index in [0.717, 1.165) is 4.90 Å². The highest BCUT2D eigenvalue weighted by Crippen LogP contribution is 2.34. The Morgan fingerprint density at radius 2 is 1.89 bits per heavy atom. The quantitative estimate of drug-likeness (QED) is 0.606. The molecule has 0 unspecified atom stereocenters. The van der Waals surface area contributed by atoms with Gasteiger partial charge >= 0.3 is 12.0 Å². The topological polar surface area (TPSA) is 98.1 Å². The first-order valence-corrected chi connectivity index (χ1v) is 8.82. The third-order valence-corrected chi connectivity index (χ3v) is 4.98. The lowest BCUT2D eigenvalue weighted by Crippen LogP contribution is -2.43. The van der Waals surface area contributed by atoms with Crippen LogP contribution in [0.2, 0.25) is 0 Å². The first-order valence-electron chi connectivity index (χ1n) is 8.82. The molecule has 0 spiro atoms. The van der Waals surface area contributed by atoms with E-state index >= 15 is 0 Å². The van der Waals surface area contributed by atoms with Gasteiger partial charge in [-0.15, -0.1) is 0 Å². The number of furan rings is 1. The van der Waals surface area contributed by atoms with Crippen LogP contribution in [0.3, 0.4) is 0 Å². The lowest BCUT2D eigenvalue weighted by atomic mass is 9.87. The van der Waals surface area contributed by atoms with Crippen molar-refractivity contribution >= 4 is 17.9 Å². The molecule has 1 aliphatic rings. The van der Waals surface area contributed by atoms with Gasteiger partial charge < -0.3 is 19.2 Å². The average molecular weight is 386 g/mol. The first kappa shape index (κ1) is 19.5. The van der Waals surface area contributed by atoms with Crippen molar-refractivity contribution in [2.24, 2.45) is 0 Å². The smallest absolute Gasteiger partial charge is 0.341 e. The number of amides is 3. The van der Waals surface area contributed by atoms with Gasteiger partial charge in [-0.05, 0) is 37.1 Å². The van der Waals surface area contributed by atoms with Crippen molar-refractivity contribution in [1.29, 1.82) is 0 Å². The number of carbonyl (C=O) groups is 3. The number of hydrogen-bond acceptors (Lipinski definition) is 6. The van der Waals surface area contributed by atoms with Gasteiger partial charge in [0.15, 0.2) is 0 Å².